The van der Waals surface area contributed by atoms with Crippen molar-refractivity contribution in [3.8, 4) is 0 Å². The van der Waals surface area contributed by atoms with Crippen LogP contribution in [0.5, 0.6) is 0 Å². The summed E-state index contributed by atoms with van der Waals surface area (Å²) in [5, 5.41) is 0. The van der Waals surface area contributed by atoms with Crippen LogP contribution in [0, 0.1) is 32.5 Å². The zero-order valence-corrected chi connectivity index (χ0v) is 24.0. The molecule has 0 aromatic carbocycles. The molecule has 0 heterocycles. The van der Waals surface area contributed by atoms with Gasteiger partial charge in [-0.3, -0.25) is 4.79 Å². The van der Waals surface area contributed by atoms with Gasteiger partial charge in [-0.15, -0.1) is 0 Å². The van der Waals surface area contributed by atoms with Gasteiger partial charge in [-0.2, -0.15) is 0 Å². The number of hydrogen-bond acceptors (Lipinski definition) is 1. The highest BCUT2D eigenvalue weighted by atomic mass is 16.1. The zero-order chi connectivity index (χ0) is 24.9. The van der Waals surface area contributed by atoms with E-state index in [2.05, 4.69) is 109 Å². The first-order chi connectivity index (χ1) is 13.8. The predicted molar refractivity (Wildman–Crippen MR) is 140 cm³/mol. The minimum absolute atomic E-state index is 0.0304. The van der Waals surface area contributed by atoms with Gasteiger partial charge < -0.3 is 0 Å². The van der Waals surface area contributed by atoms with E-state index in [1.807, 2.05) is 0 Å². The van der Waals surface area contributed by atoms with Gasteiger partial charge in [0.25, 0.3) is 0 Å². The van der Waals surface area contributed by atoms with E-state index in [4.69, 9.17) is 0 Å². The summed E-state index contributed by atoms with van der Waals surface area (Å²) >= 11 is 0. The summed E-state index contributed by atoms with van der Waals surface area (Å²) in [5.74, 6) is 0.451. The van der Waals surface area contributed by atoms with Gasteiger partial charge in [0.05, 0.1) is 0 Å². The number of carbonyl (C=O) groups is 1. The molecule has 0 aromatic heterocycles. The Morgan fingerprint density at radius 3 is 1.52 bits per heavy atom. The molecule has 0 aromatic rings. The van der Waals surface area contributed by atoms with Crippen molar-refractivity contribution in [2.45, 2.75) is 142 Å². The molecule has 0 radical (unpaired) electrons. The Kier molecular flexibility index (Phi) is 10.4. The lowest BCUT2D eigenvalue weighted by atomic mass is 9.55. The van der Waals surface area contributed by atoms with Crippen molar-refractivity contribution in [3.05, 3.63) is 12.2 Å². The second kappa shape index (κ2) is 10.6. The Balaban J connectivity index is 5.81. The molecular weight excluding hydrogens is 376 g/mol. The predicted octanol–water partition coefficient (Wildman–Crippen LogP) is 10.0. The fourth-order valence-electron chi connectivity index (χ4n) is 5.36. The van der Waals surface area contributed by atoms with Crippen LogP contribution < -0.4 is 0 Å². The van der Waals surface area contributed by atoms with Gasteiger partial charge in [0.1, 0.15) is 5.78 Å². The van der Waals surface area contributed by atoms with Crippen molar-refractivity contribution in [2.75, 3.05) is 0 Å². The van der Waals surface area contributed by atoms with Gasteiger partial charge in [0, 0.05) is 10.8 Å². The normalized spacial score (nSPS) is 18.1. The lowest BCUT2D eigenvalue weighted by molar-refractivity contribution is -0.141. The van der Waals surface area contributed by atoms with Crippen molar-refractivity contribution in [2.24, 2.45) is 32.5 Å². The molecule has 1 heteroatoms. The highest BCUT2D eigenvalue weighted by Crippen LogP contribution is 2.52. The molecule has 0 aliphatic carbocycles. The van der Waals surface area contributed by atoms with Gasteiger partial charge in [-0.05, 0) is 53.8 Å². The molecule has 184 valence electrons. The van der Waals surface area contributed by atoms with Crippen molar-refractivity contribution in [1.29, 1.82) is 0 Å². The summed E-state index contributed by atoms with van der Waals surface area (Å²) in [4.78, 5) is 14.0. The largest absolute Gasteiger partial charge is 0.298 e. The summed E-state index contributed by atoms with van der Waals surface area (Å²) < 4.78 is 0. The molecule has 0 saturated carbocycles. The van der Waals surface area contributed by atoms with Crippen molar-refractivity contribution >= 4 is 5.78 Å². The fraction of sp³-hybridized carbons (Fsp3) is 0.900. The highest BCUT2D eigenvalue weighted by Gasteiger charge is 2.48. The first-order valence-corrected chi connectivity index (χ1v) is 13.0. The third-order valence-corrected chi connectivity index (χ3v) is 9.05. The Bertz CT molecular complexity index is 604. The van der Waals surface area contributed by atoms with Crippen LogP contribution >= 0.6 is 0 Å². The molecule has 2 unspecified atom stereocenters. The smallest absolute Gasteiger partial charge is 0.144 e. The van der Waals surface area contributed by atoms with Gasteiger partial charge in [-0.25, -0.2) is 0 Å². The van der Waals surface area contributed by atoms with E-state index >= 15 is 0 Å². The van der Waals surface area contributed by atoms with Gasteiger partial charge in [0.2, 0.25) is 0 Å². The third kappa shape index (κ3) is 8.04. The topological polar surface area (TPSA) is 17.1 Å². The van der Waals surface area contributed by atoms with Gasteiger partial charge in [0.15, 0.2) is 0 Å². The standard InChI is InChI=1S/C30H58O/c1-15-25(5,6)20-19-21-30(14,18-4)28(11,12)23-27(9,10)24(31)29(13,17-3)22-26(7,8)16-2/h19,21H,15-18,20,22-23H2,1-14H3. The molecule has 0 N–H and O–H groups in total. The number of ketones is 1. The van der Waals surface area contributed by atoms with E-state index in [-0.39, 0.29) is 27.1 Å². The molecule has 1 nitrogen and oxygen atoms in total. The van der Waals surface area contributed by atoms with Crippen LogP contribution in [0.4, 0.5) is 0 Å². The van der Waals surface area contributed by atoms with E-state index < -0.39 is 0 Å². The van der Waals surface area contributed by atoms with Gasteiger partial charge in [-0.1, -0.05) is 122 Å². The summed E-state index contributed by atoms with van der Waals surface area (Å²) in [7, 11) is 0. The quantitative estimate of drug-likeness (QED) is 0.248. The first kappa shape index (κ1) is 30.4. The minimum atomic E-state index is -0.342. The Morgan fingerprint density at radius 2 is 1.13 bits per heavy atom. The number of Topliss-reactive ketones (excluding diaryl/α,β-unsaturated/α-hetero) is 1. The maximum Gasteiger partial charge on any atom is 0.144 e. The Morgan fingerprint density at radius 1 is 0.645 bits per heavy atom. The van der Waals surface area contributed by atoms with E-state index in [0.717, 1.165) is 38.5 Å². The number of carbonyl (C=O) groups excluding carboxylic acids is 1. The fourth-order valence-corrected chi connectivity index (χ4v) is 5.36. The second-order valence-corrected chi connectivity index (χ2v) is 13.8. The molecular formula is C30H58O. The summed E-state index contributed by atoms with van der Waals surface area (Å²) in [5.41, 5.74) is 0.0361. The number of hydrogen-bond donors (Lipinski definition) is 0. The SMILES string of the molecule is CCC(C)(C)CC=CC(C)(CC)C(C)(C)CC(C)(C)C(=O)C(C)(CC)CC(C)(C)CC. The summed E-state index contributed by atoms with van der Waals surface area (Å²) in [6.45, 7) is 32.1. The number of allylic oxidation sites excluding steroid dienone is 2. The number of rotatable bonds is 14. The summed E-state index contributed by atoms with van der Waals surface area (Å²) in [6.07, 6.45) is 12.1. The van der Waals surface area contributed by atoms with Crippen molar-refractivity contribution in [1.82, 2.24) is 0 Å². The molecule has 0 saturated heterocycles. The van der Waals surface area contributed by atoms with Crippen LogP contribution in [0.15, 0.2) is 12.2 Å². The maximum atomic E-state index is 14.0. The lowest BCUT2D eigenvalue weighted by Crippen LogP contribution is -2.45. The monoisotopic (exact) mass is 434 g/mol. The highest BCUT2D eigenvalue weighted by molar-refractivity contribution is 5.89. The van der Waals surface area contributed by atoms with Gasteiger partial charge >= 0.3 is 0 Å². The Hall–Kier alpha value is -0.590. The molecule has 0 aliphatic rings. The molecule has 2 atom stereocenters. The van der Waals surface area contributed by atoms with E-state index in [1.165, 1.54) is 6.42 Å². The average Bonchev–Trinajstić information content (AvgIpc) is 2.65. The molecule has 0 spiro atoms. The molecule has 0 aliphatic heterocycles. The maximum absolute atomic E-state index is 14.0. The lowest BCUT2D eigenvalue weighted by Gasteiger charge is -2.48. The molecule has 0 bridgehead atoms. The first-order valence-electron chi connectivity index (χ1n) is 13.0. The van der Waals surface area contributed by atoms with E-state index in [0.29, 0.717) is 11.2 Å². The van der Waals surface area contributed by atoms with Crippen molar-refractivity contribution < 1.29 is 4.79 Å². The van der Waals surface area contributed by atoms with Crippen molar-refractivity contribution in [3.63, 3.8) is 0 Å². The second-order valence-electron chi connectivity index (χ2n) is 13.8. The van der Waals surface area contributed by atoms with Crippen LogP contribution in [0.1, 0.15) is 142 Å². The van der Waals surface area contributed by atoms with Crippen LogP contribution in [-0.2, 0) is 4.79 Å². The van der Waals surface area contributed by atoms with E-state index in [9.17, 15) is 4.79 Å². The molecule has 0 fully saturated rings. The van der Waals surface area contributed by atoms with Crippen LogP contribution in [0.2, 0.25) is 0 Å². The summed E-state index contributed by atoms with van der Waals surface area (Å²) in [6, 6.07) is 0. The zero-order valence-electron chi connectivity index (χ0n) is 24.0. The van der Waals surface area contributed by atoms with Crippen LogP contribution in [0.3, 0.4) is 0 Å². The van der Waals surface area contributed by atoms with Crippen LogP contribution in [0.25, 0.3) is 0 Å². The molecule has 31 heavy (non-hydrogen) atoms. The van der Waals surface area contributed by atoms with Crippen LogP contribution in [-0.4, -0.2) is 5.78 Å². The van der Waals surface area contributed by atoms with E-state index in [1.54, 1.807) is 0 Å². The average molecular weight is 435 g/mol. The third-order valence-electron chi connectivity index (χ3n) is 9.05. The molecule has 0 rings (SSSR count). The molecule has 0 amide bonds. The Labute approximate surface area is 197 Å². The minimum Gasteiger partial charge on any atom is -0.298 e.